The molecular weight excluding hydrogens is 130 g/mol. The molecule has 0 heterocycles. The summed E-state index contributed by atoms with van der Waals surface area (Å²) >= 11 is 0. The summed E-state index contributed by atoms with van der Waals surface area (Å²) in [6.07, 6.45) is 0.372. The van der Waals surface area contributed by atoms with E-state index in [-0.39, 0.29) is 11.9 Å². The smallest absolute Gasteiger partial charge is 0.177 e. The van der Waals surface area contributed by atoms with Gasteiger partial charge in [-0.25, -0.2) is 0 Å². The number of ether oxygens (including phenoxy) is 1. The van der Waals surface area contributed by atoms with Crippen LogP contribution >= 0.6 is 0 Å². The molecule has 0 aromatic carbocycles. The number of carbonyl (C=O) groups is 1. The molecule has 2 atom stereocenters. The Labute approximate surface area is 61.5 Å². The topological polar surface area (TPSA) is 52.3 Å². The van der Waals surface area contributed by atoms with Gasteiger partial charge in [0.1, 0.15) is 6.10 Å². The molecule has 0 aromatic heterocycles. The quantitative estimate of drug-likeness (QED) is 0.620. The molecule has 0 rings (SSSR count). The summed E-state index contributed by atoms with van der Waals surface area (Å²) in [4.78, 5) is 11.1. The van der Waals surface area contributed by atoms with Gasteiger partial charge in [0, 0.05) is 7.11 Å². The number of hydrogen-bond donors (Lipinski definition) is 1. The average Bonchev–Trinajstić information content (AvgIpc) is 1.90. The second-order valence-corrected chi connectivity index (χ2v) is 2.32. The van der Waals surface area contributed by atoms with E-state index in [1.165, 1.54) is 7.11 Å². The van der Waals surface area contributed by atoms with Crippen LogP contribution in [0.25, 0.3) is 0 Å². The van der Waals surface area contributed by atoms with Crippen molar-refractivity contribution in [3.05, 3.63) is 0 Å². The molecule has 0 saturated heterocycles. The highest BCUT2D eigenvalue weighted by atomic mass is 16.5. The summed E-state index contributed by atoms with van der Waals surface area (Å²) in [5, 5.41) is 0. The predicted molar refractivity (Wildman–Crippen MR) is 39.7 cm³/mol. The first-order chi connectivity index (χ1) is 4.63. The van der Waals surface area contributed by atoms with Crippen LogP contribution in [-0.2, 0) is 9.53 Å². The predicted octanol–water partition coefficient (Wildman–Crippen LogP) is 0.328. The van der Waals surface area contributed by atoms with Crippen molar-refractivity contribution in [3.63, 3.8) is 0 Å². The molecule has 0 fully saturated rings. The molecule has 3 nitrogen and oxygen atoms in total. The van der Waals surface area contributed by atoms with E-state index in [2.05, 4.69) is 0 Å². The lowest BCUT2D eigenvalue weighted by Gasteiger charge is -2.13. The summed E-state index contributed by atoms with van der Waals surface area (Å²) in [5.41, 5.74) is 5.36. The largest absolute Gasteiger partial charge is 0.374 e. The number of nitrogens with two attached hydrogens (primary N) is 1. The molecule has 0 aliphatic rings. The lowest BCUT2D eigenvalue weighted by molar-refractivity contribution is -0.129. The van der Waals surface area contributed by atoms with Gasteiger partial charge in [-0.05, 0) is 13.3 Å². The van der Waals surface area contributed by atoms with E-state index in [0.29, 0.717) is 6.42 Å². The van der Waals surface area contributed by atoms with Crippen molar-refractivity contribution in [2.45, 2.75) is 32.4 Å². The van der Waals surface area contributed by atoms with Gasteiger partial charge in [-0.1, -0.05) is 6.92 Å². The van der Waals surface area contributed by atoms with Crippen molar-refractivity contribution < 1.29 is 9.53 Å². The maximum atomic E-state index is 11.1. The van der Waals surface area contributed by atoms with Crippen LogP contribution in [0.3, 0.4) is 0 Å². The van der Waals surface area contributed by atoms with E-state index in [9.17, 15) is 4.79 Å². The van der Waals surface area contributed by atoms with Crippen LogP contribution in [-0.4, -0.2) is 25.0 Å². The van der Waals surface area contributed by atoms with Crippen molar-refractivity contribution in [3.8, 4) is 0 Å². The van der Waals surface area contributed by atoms with Crippen LogP contribution in [0.2, 0.25) is 0 Å². The van der Waals surface area contributed by atoms with Crippen LogP contribution in [0.5, 0.6) is 0 Å². The fraction of sp³-hybridized carbons (Fsp3) is 0.857. The Balaban J connectivity index is 3.89. The number of ketones is 1. The zero-order valence-corrected chi connectivity index (χ0v) is 6.76. The van der Waals surface area contributed by atoms with E-state index in [4.69, 9.17) is 10.5 Å². The third-order valence-corrected chi connectivity index (χ3v) is 1.42. The molecule has 2 N–H and O–H groups in total. The lowest BCUT2D eigenvalue weighted by atomic mass is 10.1. The van der Waals surface area contributed by atoms with Crippen molar-refractivity contribution >= 4 is 5.78 Å². The van der Waals surface area contributed by atoms with Crippen molar-refractivity contribution in [2.24, 2.45) is 5.73 Å². The van der Waals surface area contributed by atoms with Gasteiger partial charge in [-0.15, -0.1) is 0 Å². The van der Waals surface area contributed by atoms with Gasteiger partial charge in [0.25, 0.3) is 0 Å². The van der Waals surface area contributed by atoms with Crippen LogP contribution < -0.4 is 5.73 Å². The van der Waals surface area contributed by atoms with E-state index in [1.54, 1.807) is 6.92 Å². The van der Waals surface area contributed by atoms with Gasteiger partial charge in [-0.3, -0.25) is 4.79 Å². The van der Waals surface area contributed by atoms with Crippen molar-refractivity contribution in [2.75, 3.05) is 7.11 Å². The average molecular weight is 145 g/mol. The second-order valence-electron chi connectivity index (χ2n) is 2.32. The molecule has 2 unspecified atom stereocenters. The summed E-state index contributed by atoms with van der Waals surface area (Å²) in [6, 6.07) is -0.412. The van der Waals surface area contributed by atoms with Gasteiger partial charge in [-0.2, -0.15) is 0 Å². The summed E-state index contributed by atoms with van der Waals surface area (Å²) in [7, 11) is 1.52. The minimum Gasteiger partial charge on any atom is -0.374 e. The normalized spacial score (nSPS) is 16.4. The van der Waals surface area contributed by atoms with Gasteiger partial charge in [0.05, 0.1) is 6.04 Å². The van der Waals surface area contributed by atoms with Gasteiger partial charge in [0.2, 0.25) is 0 Å². The maximum absolute atomic E-state index is 11.1. The Kier molecular flexibility index (Phi) is 4.23. The maximum Gasteiger partial charge on any atom is 0.177 e. The number of methoxy groups -OCH3 is 1. The Bertz CT molecular complexity index is 108. The van der Waals surface area contributed by atoms with Crippen LogP contribution in [0, 0.1) is 0 Å². The molecule has 0 aliphatic carbocycles. The molecule has 60 valence electrons. The van der Waals surface area contributed by atoms with Crippen LogP contribution in [0.15, 0.2) is 0 Å². The second kappa shape index (κ2) is 4.41. The first-order valence-corrected chi connectivity index (χ1v) is 3.45. The van der Waals surface area contributed by atoms with Crippen LogP contribution in [0.4, 0.5) is 0 Å². The molecule has 0 spiro atoms. The molecular formula is C7H15NO2. The minimum absolute atomic E-state index is 0.0231. The van der Waals surface area contributed by atoms with Crippen molar-refractivity contribution in [1.82, 2.24) is 0 Å². The molecule has 0 bridgehead atoms. The Hall–Kier alpha value is -0.410. The zero-order valence-electron chi connectivity index (χ0n) is 6.76. The van der Waals surface area contributed by atoms with Crippen LogP contribution in [0.1, 0.15) is 20.3 Å². The molecule has 0 saturated carbocycles. The number of carbonyl (C=O) groups excluding carboxylic acids is 1. The summed E-state index contributed by atoms with van der Waals surface area (Å²) in [5.74, 6) is -0.0231. The zero-order chi connectivity index (χ0) is 8.15. The van der Waals surface area contributed by atoms with Gasteiger partial charge < -0.3 is 10.5 Å². The molecule has 0 amide bonds. The number of Topliss-reactive ketones (excluding diaryl/α,β-unsaturated/α-hetero) is 1. The highest BCUT2D eigenvalue weighted by Crippen LogP contribution is 1.99. The third-order valence-electron chi connectivity index (χ3n) is 1.42. The van der Waals surface area contributed by atoms with E-state index in [0.717, 1.165) is 0 Å². The fourth-order valence-electron chi connectivity index (χ4n) is 0.777. The lowest BCUT2D eigenvalue weighted by Crippen LogP contribution is -2.36. The monoisotopic (exact) mass is 145 g/mol. The van der Waals surface area contributed by atoms with Crippen molar-refractivity contribution in [1.29, 1.82) is 0 Å². The van der Waals surface area contributed by atoms with Gasteiger partial charge in [0.15, 0.2) is 5.78 Å². The fourth-order valence-corrected chi connectivity index (χ4v) is 0.777. The SMILES string of the molecule is CCC(OC)C(=O)C(C)N. The molecule has 3 heteroatoms. The Morgan fingerprint density at radius 1 is 1.70 bits per heavy atom. The highest BCUT2D eigenvalue weighted by Gasteiger charge is 2.18. The molecule has 10 heavy (non-hydrogen) atoms. The molecule has 0 aliphatic heterocycles. The third kappa shape index (κ3) is 2.45. The van der Waals surface area contributed by atoms with E-state index < -0.39 is 6.04 Å². The number of rotatable bonds is 4. The first kappa shape index (κ1) is 9.59. The first-order valence-electron chi connectivity index (χ1n) is 3.45. The Morgan fingerprint density at radius 3 is 2.30 bits per heavy atom. The minimum atomic E-state index is -0.412. The molecule has 0 aromatic rings. The summed E-state index contributed by atoms with van der Waals surface area (Å²) < 4.78 is 4.89. The standard InChI is InChI=1S/C7H15NO2/c1-4-6(10-3)7(9)5(2)8/h5-6H,4,8H2,1-3H3. The van der Waals surface area contributed by atoms with E-state index >= 15 is 0 Å². The highest BCUT2D eigenvalue weighted by molar-refractivity contribution is 5.87. The van der Waals surface area contributed by atoms with Gasteiger partial charge >= 0.3 is 0 Å². The molecule has 0 radical (unpaired) electrons. The van der Waals surface area contributed by atoms with E-state index in [1.807, 2.05) is 6.92 Å². The number of hydrogen-bond acceptors (Lipinski definition) is 3. The Morgan fingerprint density at radius 2 is 2.20 bits per heavy atom. The summed E-state index contributed by atoms with van der Waals surface area (Å²) in [6.45, 7) is 3.57.